The third-order valence-electron chi connectivity index (χ3n) is 2.94. The normalized spacial score (nSPS) is 12.4. The van der Waals surface area contributed by atoms with Gasteiger partial charge in [-0.2, -0.15) is 13.2 Å². The van der Waals surface area contributed by atoms with Gasteiger partial charge in [-0.3, -0.25) is 0 Å². The Morgan fingerprint density at radius 3 is 2.48 bits per heavy atom. The van der Waals surface area contributed by atoms with E-state index >= 15 is 0 Å². The van der Waals surface area contributed by atoms with Gasteiger partial charge in [-0.25, -0.2) is 18.1 Å². The van der Waals surface area contributed by atoms with Crippen LogP contribution in [0.5, 0.6) is 0 Å². The van der Waals surface area contributed by atoms with Crippen LogP contribution >= 0.6 is 24.0 Å². The van der Waals surface area contributed by atoms with E-state index in [9.17, 15) is 21.6 Å². The first kappa shape index (κ1) is 23.9. The van der Waals surface area contributed by atoms with Crippen LogP contribution in [-0.2, 0) is 16.6 Å². The van der Waals surface area contributed by atoms with Crippen molar-refractivity contribution in [3.8, 4) is 0 Å². The Morgan fingerprint density at radius 2 is 1.92 bits per heavy atom. The summed E-state index contributed by atoms with van der Waals surface area (Å²) in [6, 6.07) is 6.19. The Balaban J connectivity index is 0.00000576. The van der Waals surface area contributed by atoms with Crippen LogP contribution in [0.4, 0.5) is 13.2 Å². The summed E-state index contributed by atoms with van der Waals surface area (Å²) in [6.45, 7) is 2.13. The summed E-state index contributed by atoms with van der Waals surface area (Å²) < 4.78 is 62.2. The van der Waals surface area contributed by atoms with Crippen LogP contribution in [0.1, 0.15) is 18.9 Å². The quantitative estimate of drug-likeness (QED) is 0.309. The predicted molar refractivity (Wildman–Crippen MR) is 102 cm³/mol. The van der Waals surface area contributed by atoms with Crippen molar-refractivity contribution in [3.63, 3.8) is 0 Å². The average Bonchev–Trinajstić information content (AvgIpc) is 2.51. The lowest BCUT2D eigenvalue weighted by atomic mass is 10.2. The molecule has 11 heteroatoms. The zero-order valence-electron chi connectivity index (χ0n) is 13.9. The second-order valence-corrected chi connectivity index (χ2v) is 6.73. The van der Waals surface area contributed by atoms with E-state index in [1.165, 1.54) is 19.2 Å². The molecule has 1 rings (SSSR count). The molecule has 25 heavy (non-hydrogen) atoms. The lowest BCUT2D eigenvalue weighted by molar-refractivity contribution is -0.132. The molecule has 0 aliphatic heterocycles. The molecule has 0 saturated heterocycles. The maximum Gasteiger partial charge on any atom is 0.390 e. The van der Waals surface area contributed by atoms with Gasteiger partial charge in [0.05, 0.1) is 17.9 Å². The first-order valence-corrected chi connectivity index (χ1v) is 8.77. The fourth-order valence-electron chi connectivity index (χ4n) is 1.76. The largest absolute Gasteiger partial charge is 0.390 e. The van der Waals surface area contributed by atoms with Crippen LogP contribution in [-0.4, -0.2) is 40.7 Å². The number of benzene rings is 1. The maximum atomic E-state index is 12.2. The topological polar surface area (TPSA) is 82.6 Å². The van der Waals surface area contributed by atoms with Gasteiger partial charge in [0.1, 0.15) is 0 Å². The number of nitrogens with one attached hydrogen (secondary N) is 3. The Bertz CT molecular complexity index is 666. The summed E-state index contributed by atoms with van der Waals surface area (Å²) in [5, 5.41) is 5.43. The fraction of sp³-hybridized carbons (Fsp3) is 0.500. The minimum absolute atomic E-state index is 0. The first-order chi connectivity index (χ1) is 11.2. The van der Waals surface area contributed by atoms with Crippen molar-refractivity contribution in [2.24, 2.45) is 4.99 Å². The molecular formula is C14H22F3IN4O2S. The summed E-state index contributed by atoms with van der Waals surface area (Å²) >= 11 is 0. The highest BCUT2D eigenvalue weighted by Gasteiger charge is 2.26. The van der Waals surface area contributed by atoms with Crippen LogP contribution < -0.4 is 15.4 Å². The van der Waals surface area contributed by atoms with Crippen molar-refractivity contribution in [2.45, 2.75) is 31.0 Å². The molecule has 144 valence electrons. The third kappa shape index (κ3) is 9.26. The fourth-order valence-corrected chi connectivity index (χ4v) is 2.56. The molecule has 1 aromatic carbocycles. The van der Waals surface area contributed by atoms with Crippen molar-refractivity contribution in [2.75, 3.05) is 20.1 Å². The van der Waals surface area contributed by atoms with E-state index in [0.717, 1.165) is 0 Å². The lowest BCUT2D eigenvalue weighted by Crippen LogP contribution is -2.38. The number of aliphatic imine (C=N–C) groups is 1. The molecule has 0 fully saturated rings. The Kier molecular flexibility index (Phi) is 10.3. The van der Waals surface area contributed by atoms with Crippen molar-refractivity contribution in [1.29, 1.82) is 0 Å². The standard InChI is InChI=1S/C14H21F3N4O2S.HI/c1-3-19-13(20-8-7-14(15,16)17)21-10-11-5-4-6-12(9-11)24(22,23)18-2;/h4-6,9,18H,3,7-8,10H2,1-2H3,(H2,19,20,21);1H. The highest BCUT2D eigenvalue weighted by molar-refractivity contribution is 14.0. The van der Waals surface area contributed by atoms with E-state index in [0.29, 0.717) is 12.1 Å². The maximum absolute atomic E-state index is 12.2. The Morgan fingerprint density at radius 1 is 1.24 bits per heavy atom. The van der Waals surface area contributed by atoms with Gasteiger partial charge in [0.2, 0.25) is 10.0 Å². The molecule has 0 unspecified atom stereocenters. The van der Waals surface area contributed by atoms with Crippen LogP contribution in [0.3, 0.4) is 0 Å². The zero-order chi connectivity index (χ0) is 18.2. The molecule has 0 aliphatic rings. The van der Waals surface area contributed by atoms with E-state index in [2.05, 4.69) is 20.3 Å². The van der Waals surface area contributed by atoms with E-state index in [1.807, 2.05) is 0 Å². The van der Waals surface area contributed by atoms with Crippen molar-refractivity contribution >= 4 is 40.0 Å². The number of nitrogens with zero attached hydrogens (tertiary/aromatic N) is 1. The first-order valence-electron chi connectivity index (χ1n) is 7.29. The van der Waals surface area contributed by atoms with Gasteiger partial charge in [0, 0.05) is 13.1 Å². The molecule has 0 bridgehead atoms. The van der Waals surface area contributed by atoms with Crippen LogP contribution in [0, 0.1) is 0 Å². The minimum atomic E-state index is -4.24. The summed E-state index contributed by atoms with van der Waals surface area (Å²) in [6.07, 6.45) is -5.20. The van der Waals surface area contributed by atoms with Gasteiger partial charge in [-0.05, 0) is 31.7 Å². The van der Waals surface area contributed by atoms with Crippen molar-refractivity contribution in [3.05, 3.63) is 29.8 Å². The lowest BCUT2D eigenvalue weighted by Gasteiger charge is -2.12. The van der Waals surface area contributed by atoms with E-state index in [-0.39, 0.29) is 47.9 Å². The molecule has 1 aromatic rings. The number of sulfonamides is 1. The summed E-state index contributed by atoms with van der Waals surface area (Å²) in [4.78, 5) is 4.27. The minimum Gasteiger partial charge on any atom is -0.357 e. The number of rotatable bonds is 7. The predicted octanol–water partition coefficient (Wildman–Crippen LogP) is 2.22. The Hall–Kier alpha value is -1.08. The molecule has 0 saturated carbocycles. The molecular weight excluding hydrogens is 472 g/mol. The second-order valence-electron chi connectivity index (χ2n) is 4.84. The molecule has 0 aliphatic carbocycles. The van der Waals surface area contributed by atoms with Crippen molar-refractivity contribution in [1.82, 2.24) is 15.4 Å². The molecule has 6 nitrogen and oxygen atoms in total. The van der Waals surface area contributed by atoms with Gasteiger partial charge in [-0.1, -0.05) is 12.1 Å². The molecule has 0 radical (unpaired) electrons. The zero-order valence-corrected chi connectivity index (χ0v) is 17.0. The summed E-state index contributed by atoms with van der Waals surface area (Å²) in [5.74, 6) is 0.239. The summed E-state index contributed by atoms with van der Waals surface area (Å²) in [5.41, 5.74) is 0.624. The summed E-state index contributed by atoms with van der Waals surface area (Å²) in [7, 11) is -2.24. The molecule has 0 aromatic heterocycles. The number of guanidine groups is 1. The number of hydrogen-bond acceptors (Lipinski definition) is 3. The molecule has 0 spiro atoms. The van der Waals surface area contributed by atoms with Gasteiger partial charge < -0.3 is 10.6 Å². The third-order valence-corrected chi connectivity index (χ3v) is 4.35. The Labute approximate surface area is 162 Å². The van der Waals surface area contributed by atoms with Gasteiger partial charge in [-0.15, -0.1) is 24.0 Å². The SMILES string of the molecule is CCNC(=NCc1cccc(S(=O)(=O)NC)c1)NCCC(F)(F)F.I. The number of alkyl halides is 3. The van der Waals surface area contributed by atoms with E-state index in [4.69, 9.17) is 0 Å². The van der Waals surface area contributed by atoms with Crippen LogP contribution in [0.15, 0.2) is 34.2 Å². The van der Waals surface area contributed by atoms with Gasteiger partial charge >= 0.3 is 6.18 Å². The molecule has 3 N–H and O–H groups in total. The highest BCUT2D eigenvalue weighted by atomic mass is 127. The van der Waals surface area contributed by atoms with E-state index < -0.39 is 22.6 Å². The van der Waals surface area contributed by atoms with Gasteiger partial charge in [0.15, 0.2) is 5.96 Å². The molecule has 0 atom stereocenters. The number of hydrogen-bond donors (Lipinski definition) is 3. The smallest absolute Gasteiger partial charge is 0.357 e. The monoisotopic (exact) mass is 494 g/mol. The van der Waals surface area contributed by atoms with Crippen LogP contribution in [0.2, 0.25) is 0 Å². The molecule has 0 heterocycles. The van der Waals surface area contributed by atoms with Crippen LogP contribution in [0.25, 0.3) is 0 Å². The van der Waals surface area contributed by atoms with E-state index in [1.54, 1.807) is 19.1 Å². The van der Waals surface area contributed by atoms with Gasteiger partial charge in [0.25, 0.3) is 0 Å². The number of halogens is 4. The van der Waals surface area contributed by atoms with Crippen molar-refractivity contribution < 1.29 is 21.6 Å². The highest BCUT2D eigenvalue weighted by Crippen LogP contribution is 2.18. The molecule has 0 amide bonds. The average molecular weight is 494 g/mol. The second kappa shape index (κ2) is 10.8.